The molecule has 3 aromatic rings. The van der Waals surface area contributed by atoms with Crippen molar-refractivity contribution in [2.75, 3.05) is 26.1 Å². The van der Waals surface area contributed by atoms with Crippen molar-refractivity contribution in [1.29, 1.82) is 0 Å². The molecule has 0 fully saturated rings. The van der Waals surface area contributed by atoms with Gasteiger partial charge in [-0.2, -0.15) is 0 Å². The number of ether oxygens (including phenoxy) is 3. The van der Waals surface area contributed by atoms with E-state index in [-0.39, 0.29) is 12.5 Å². The van der Waals surface area contributed by atoms with Crippen molar-refractivity contribution < 1.29 is 23.5 Å². The molecule has 0 aliphatic rings. The Bertz CT molecular complexity index is 1060. The summed E-state index contributed by atoms with van der Waals surface area (Å²) < 4.78 is 21.3. The molecule has 1 unspecified atom stereocenters. The van der Waals surface area contributed by atoms with E-state index in [0.29, 0.717) is 27.8 Å². The molecule has 30 heavy (non-hydrogen) atoms. The molecule has 0 saturated heterocycles. The minimum atomic E-state index is -0.937. The summed E-state index contributed by atoms with van der Waals surface area (Å²) in [5.74, 6) is 3.20. The van der Waals surface area contributed by atoms with E-state index in [2.05, 4.69) is 16.4 Å². The largest absolute Gasteiger partial charge is 0.493 e. The van der Waals surface area contributed by atoms with Gasteiger partial charge in [0.25, 0.3) is 5.91 Å². The summed E-state index contributed by atoms with van der Waals surface area (Å²) in [6, 6.07) is 13.6. The van der Waals surface area contributed by atoms with Gasteiger partial charge in [0.2, 0.25) is 5.88 Å². The van der Waals surface area contributed by atoms with Crippen LogP contribution in [0.3, 0.4) is 0 Å². The number of aromatic nitrogens is 1. The van der Waals surface area contributed by atoms with E-state index in [4.69, 9.17) is 36.8 Å². The zero-order valence-corrected chi connectivity index (χ0v) is 17.1. The van der Waals surface area contributed by atoms with Crippen molar-refractivity contribution in [1.82, 2.24) is 5.16 Å². The molecule has 0 aliphatic heterocycles. The maximum atomic E-state index is 12.8. The van der Waals surface area contributed by atoms with E-state index in [1.807, 2.05) is 0 Å². The molecule has 0 spiro atoms. The van der Waals surface area contributed by atoms with Crippen molar-refractivity contribution in [2.24, 2.45) is 0 Å². The maximum Gasteiger partial charge on any atom is 0.260 e. The molecule has 1 heterocycles. The second kappa shape index (κ2) is 9.83. The molecule has 0 radical (unpaired) electrons. The summed E-state index contributed by atoms with van der Waals surface area (Å²) in [6.45, 7) is -0.0337. The van der Waals surface area contributed by atoms with Crippen LogP contribution in [0.1, 0.15) is 11.7 Å². The van der Waals surface area contributed by atoms with E-state index in [9.17, 15) is 4.79 Å². The number of nitrogens with zero attached hydrogens (tertiary/aromatic N) is 1. The van der Waals surface area contributed by atoms with Crippen LogP contribution in [0.15, 0.2) is 53.1 Å². The first-order valence-corrected chi connectivity index (χ1v) is 9.24. The van der Waals surface area contributed by atoms with Gasteiger partial charge in [0.1, 0.15) is 12.3 Å². The normalized spacial score (nSPS) is 11.4. The lowest BCUT2D eigenvalue weighted by Crippen LogP contribution is -2.23. The number of anilines is 1. The number of amides is 1. The van der Waals surface area contributed by atoms with Crippen LogP contribution in [-0.4, -0.2) is 31.9 Å². The molecule has 0 bridgehead atoms. The van der Waals surface area contributed by atoms with Crippen molar-refractivity contribution in [3.05, 3.63) is 59.1 Å². The van der Waals surface area contributed by atoms with E-state index < -0.39 is 12.0 Å². The molecule has 0 saturated carbocycles. The quantitative estimate of drug-likeness (QED) is 0.539. The third-order valence-corrected chi connectivity index (χ3v) is 4.43. The molecule has 1 amide bonds. The summed E-state index contributed by atoms with van der Waals surface area (Å²) in [5.41, 5.74) is 1.85. The number of rotatable bonds is 8. The fraction of sp³-hybridized carbons (Fsp3) is 0.182. The van der Waals surface area contributed by atoms with E-state index >= 15 is 0 Å². The van der Waals surface area contributed by atoms with E-state index in [1.54, 1.807) is 62.8 Å². The number of terminal acetylenes is 1. The summed E-state index contributed by atoms with van der Waals surface area (Å²) >= 11 is 5.92. The zero-order chi connectivity index (χ0) is 21.5. The van der Waals surface area contributed by atoms with Crippen molar-refractivity contribution in [3.8, 4) is 35.1 Å². The fourth-order valence-electron chi connectivity index (χ4n) is 2.74. The zero-order valence-electron chi connectivity index (χ0n) is 16.3. The third-order valence-electron chi connectivity index (χ3n) is 4.18. The molecule has 1 atom stereocenters. The van der Waals surface area contributed by atoms with Gasteiger partial charge < -0.3 is 18.7 Å². The molecule has 1 aromatic heterocycles. The highest BCUT2D eigenvalue weighted by Crippen LogP contribution is 2.33. The Kier molecular flexibility index (Phi) is 6.96. The van der Waals surface area contributed by atoms with Crippen LogP contribution in [0.25, 0.3) is 11.3 Å². The maximum absolute atomic E-state index is 12.8. The molecule has 1 N–H and O–H groups in total. The second-order valence-electron chi connectivity index (χ2n) is 6.08. The fourth-order valence-corrected chi connectivity index (χ4v) is 2.87. The minimum absolute atomic E-state index is 0.0337. The summed E-state index contributed by atoms with van der Waals surface area (Å²) in [7, 11) is 3.10. The molecule has 8 heteroatoms. The van der Waals surface area contributed by atoms with E-state index in [1.165, 1.54) is 0 Å². The van der Waals surface area contributed by atoms with E-state index in [0.717, 1.165) is 5.56 Å². The molecule has 0 aliphatic carbocycles. The lowest BCUT2D eigenvalue weighted by Gasteiger charge is -2.15. The van der Waals surface area contributed by atoms with Crippen LogP contribution < -0.4 is 14.8 Å². The highest BCUT2D eigenvalue weighted by molar-refractivity contribution is 6.30. The monoisotopic (exact) mass is 426 g/mol. The first-order valence-electron chi connectivity index (χ1n) is 8.86. The van der Waals surface area contributed by atoms with Crippen LogP contribution in [0.5, 0.6) is 11.5 Å². The Balaban J connectivity index is 1.78. The van der Waals surface area contributed by atoms with Crippen LogP contribution in [0.4, 0.5) is 5.88 Å². The molecule has 2 aromatic carbocycles. The molecule has 7 nitrogen and oxygen atoms in total. The van der Waals surface area contributed by atoms with Gasteiger partial charge in [-0.05, 0) is 35.9 Å². The second-order valence-corrected chi connectivity index (χ2v) is 6.52. The molecule has 3 rings (SSSR count). The Labute approximate surface area is 178 Å². The summed E-state index contributed by atoms with van der Waals surface area (Å²) in [4.78, 5) is 12.8. The summed E-state index contributed by atoms with van der Waals surface area (Å²) in [5, 5.41) is 7.20. The number of methoxy groups -OCH3 is 2. The number of carbonyl (C=O) groups is 1. The molecular weight excluding hydrogens is 408 g/mol. The predicted molar refractivity (Wildman–Crippen MR) is 113 cm³/mol. The number of carbonyl (C=O) groups excluding carboxylic acids is 1. The van der Waals surface area contributed by atoms with Gasteiger partial charge in [0.15, 0.2) is 17.6 Å². The smallest absolute Gasteiger partial charge is 0.260 e. The lowest BCUT2D eigenvalue weighted by molar-refractivity contribution is -0.127. The van der Waals surface area contributed by atoms with Crippen LogP contribution >= 0.6 is 11.6 Å². The van der Waals surface area contributed by atoms with Crippen molar-refractivity contribution in [2.45, 2.75) is 6.10 Å². The SMILES string of the molecule is C#CCOC(C(=O)Nc1cc(-c2ccc(OC)c(OC)c2)no1)c1ccc(Cl)cc1. The lowest BCUT2D eigenvalue weighted by atomic mass is 10.1. The van der Waals surface area contributed by atoms with Gasteiger partial charge in [-0.25, -0.2) is 0 Å². The standard InChI is InChI=1S/C22H19ClN2O5/c1-4-11-29-21(14-5-8-16(23)9-6-14)22(26)24-20-13-17(25-30-20)15-7-10-18(27-2)19(12-15)28-3/h1,5-10,12-13,21H,11H2,2-3H3,(H,24,26). The van der Waals surface area contributed by atoms with Crippen molar-refractivity contribution in [3.63, 3.8) is 0 Å². The van der Waals surface area contributed by atoms with Crippen LogP contribution in [-0.2, 0) is 9.53 Å². The van der Waals surface area contributed by atoms with Crippen LogP contribution in [0.2, 0.25) is 5.02 Å². The number of hydrogen-bond donors (Lipinski definition) is 1. The van der Waals surface area contributed by atoms with Gasteiger partial charge in [-0.15, -0.1) is 6.42 Å². The summed E-state index contributed by atoms with van der Waals surface area (Å²) in [6.07, 6.45) is 4.33. The Hall–Kier alpha value is -3.47. The van der Waals surface area contributed by atoms with Gasteiger partial charge in [0.05, 0.1) is 14.2 Å². The Morgan fingerprint density at radius 3 is 2.57 bits per heavy atom. The molecular formula is C22H19ClN2O5. The van der Waals surface area contributed by atoms with Gasteiger partial charge in [-0.3, -0.25) is 10.1 Å². The predicted octanol–water partition coefficient (Wildman–Crippen LogP) is 4.34. The van der Waals surface area contributed by atoms with Gasteiger partial charge in [-0.1, -0.05) is 34.8 Å². The van der Waals surface area contributed by atoms with Gasteiger partial charge >= 0.3 is 0 Å². The number of halogens is 1. The average Bonchev–Trinajstić information content (AvgIpc) is 3.23. The first kappa shape index (κ1) is 21.2. The third kappa shape index (κ3) is 4.92. The number of benzene rings is 2. The highest BCUT2D eigenvalue weighted by atomic mass is 35.5. The topological polar surface area (TPSA) is 82.8 Å². The average molecular weight is 427 g/mol. The number of hydrogen-bond acceptors (Lipinski definition) is 6. The van der Waals surface area contributed by atoms with Gasteiger partial charge in [0, 0.05) is 16.7 Å². The minimum Gasteiger partial charge on any atom is -0.493 e. The van der Waals surface area contributed by atoms with Crippen molar-refractivity contribution >= 4 is 23.4 Å². The van der Waals surface area contributed by atoms with Crippen LogP contribution in [0, 0.1) is 12.3 Å². The Morgan fingerprint density at radius 1 is 1.17 bits per heavy atom. The Morgan fingerprint density at radius 2 is 1.90 bits per heavy atom. The molecule has 154 valence electrons. The number of nitrogens with one attached hydrogen (secondary N) is 1. The first-order chi connectivity index (χ1) is 14.5. The highest BCUT2D eigenvalue weighted by Gasteiger charge is 2.23.